The lowest BCUT2D eigenvalue weighted by atomic mass is 9.96. The zero-order valence-corrected chi connectivity index (χ0v) is 13.8. The molecule has 23 heavy (non-hydrogen) atoms. The lowest BCUT2D eigenvalue weighted by molar-refractivity contribution is 0.0992. The summed E-state index contributed by atoms with van der Waals surface area (Å²) in [5.41, 5.74) is 0. The van der Waals surface area contributed by atoms with Gasteiger partial charge in [0.2, 0.25) is 0 Å². The molecule has 7 nitrogen and oxygen atoms in total. The van der Waals surface area contributed by atoms with Crippen LogP contribution in [0.25, 0.3) is 0 Å². The van der Waals surface area contributed by atoms with Crippen molar-refractivity contribution in [3.05, 3.63) is 11.6 Å². The van der Waals surface area contributed by atoms with Crippen LogP contribution in [-0.4, -0.2) is 46.0 Å². The van der Waals surface area contributed by atoms with Gasteiger partial charge in [0.25, 0.3) is 0 Å². The summed E-state index contributed by atoms with van der Waals surface area (Å²) < 4.78 is 8.17. The molecule has 1 aromatic heterocycles. The number of ether oxygens (including phenoxy) is 1. The van der Waals surface area contributed by atoms with Crippen LogP contribution in [0.1, 0.15) is 50.2 Å². The highest BCUT2D eigenvalue weighted by Crippen LogP contribution is 2.34. The molecule has 126 valence electrons. The van der Waals surface area contributed by atoms with Gasteiger partial charge in [-0.3, -0.25) is 4.99 Å². The highest BCUT2D eigenvalue weighted by Gasteiger charge is 2.41. The maximum Gasteiger partial charge on any atom is 0.191 e. The number of aryl methyl sites for hydroxylation is 1. The van der Waals surface area contributed by atoms with Crippen molar-refractivity contribution in [3.8, 4) is 0 Å². The van der Waals surface area contributed by atoms with Gasteiger partial charge in [-0.2, -0.15) is 0 Å². The van der Waals surface area contributed by atoms with Gasteiger partial charge in [-0.1, -0.05) is 6.42 Å². The summed E-state index contributed by atoms with van der Waals surface area (Å²) >= 11 is 0. The molecule has 3 atom stereocenters. The van der Waals surface area contributed by atoms with Gasteiger partial charge in [0, 0.05) is 20.0 Å². The predicted octanol–water partition coefficient (Wildman–Crippen LogP) is 0.989. The second-order valence-corrected chi connectivity index (χ2v) is 6.78. The van der Waals surface area contributed by atoms with Crippen molar-refractivity contribution in [3.63, 3.8) is 0 Å². The Morgan fingerprint density at radius 2 is 2.26 bits per heavy atom. The zero-order chi connectivity index (χ0) is 15.6. The fourth-order valence-electron chi connectivity index (χ4n) is 4.00. The molecule has 0 aromatic carbocycles. The first-order chi connectivity index (χ1) is 11.3. The van der Waals surface area contributed by atoms with Crippen LogP contribution in [0.2, 0.25) is 0 Å². The van der Waals surface area contributed by atoms with Gasteiger partial charge in [-0.25, -0.2) is 0 Å². The highest BCUT2D eigenvalue weighted by molar-refractivity contribution is 5.80. The van der Waals surface area contributed by atoms with Crippen LogP contribution in [0.15, 0.2) is 4.99 Å². The second-order valence-electron chi connectivity index (χ2n) is 6.78. The molecule has 0 aliphatic carbocycles. The van der Waals surface area contributed by atoms with Crippen molar-refractivity contribution in [2.45, 2.75) is 76.3 Å². The number of hydrogen-bond donors (Lipinski definition) is 2. The van der Waals surface area contributed by atoms with Crippen LogP contribution in [0.3, 0.4) is 0 Å². The van der Waals surface area contributed by atoms with E-state index in [-0.39, 0.29) is 0 Å². The number of guanidine groups is 1. The molecule has 2 fully saturated rings. The number of fused-ring (bicyclic) bond motifs is 3. The predicted molar refractivity (Wildman–Crippen MR) is 87.2 cm³/mol. The Labute approximate surface area is 136 Å². The van der Waals surface area contributed by atoms with E-state index in [1.54, 1.807) is 0 Å². The summed E-state index contributed by atoms with van der Waals surface area (Å²) in [5.74, 6) is 2.97. The van der Waals surface area contributed by atoms with Crippen LogP contribution in [0.5, 0.6) is 0 Å². The molecule has 1 aromatic rings. The molecular weight excluding hydrogens is 292 g/mol. The van der Waals surface area contributed by atoms with Gasteiger partial charge in [0.05, 0.1) is 24.8 Å². The Bertz CT molecular complexity index is 583. The van der Waals surface area contributed by atoms with Gasteiger partial charge < -0.3 is 19.9 Å². The van der Waals surface area contributed by atoms with Crippen molar-refractivity contribution in [1.29, 1.82) is 0 Å². The number of hydrogen-bond acceptors (Lipinski definition) is 4. The fourth-order valence-corrected chi connectivity index (χ4v) is 4.00. The molecule has 0 radical (unpaired) electrons. The minimum Gasteiger partial charge on any atom is -0.373 e. The monoisotopic (exact) mass is 318 g/mol. The topological polar surface area (TPSA) is 76.4 Å². The van der Waals surface area contributed by atoms with Gasteiger partial charge in [0.1, 0.15) is 5.82 Å². The van der Waals surface area contributed by atoms with E-state index in [4.69, 9.17) is 4.74 Å². The van der Waals surface area contributed by atoms with Crippen molar-refractivity contribution < 1.29 is 4.74 Å². The molecule has 3 unspecified atom stereocenters. The van der Waals surface area contributed by atoms with Crippen LogP contribution in [0, 0.1) is 0 Å². The molecule has 2 N–H and O–H groups in total. The van der Waals surface area contributed by atoms with Crippen molar-refractivity contribution >= 4 is 5.96 Å². The zero-order valence-electron chi connectivity index (χ0n) is 13.8. The van der Waals surface area contributed by atoms with Crippen molar-refractivity contribution in [2.75, 3.05) is 7.05 Å². The van der Waals surface area contributed by atoms with Gasteiger partial charge >= 0.3 is 0 Å². The first-order valence-corrected chi connectivity index (χ1v) is 8.87. The van der Waals surface area contributed by atoms with Crippen LogP contribution >= 0.6 is 0 Å². The van der Waals surface area contributed by atoms with E-state index in [0.29, 0.717) is 24.8 Å². The number of nitrogens with zero attached hydrogens (tertiary/aromatic N) is 4. The lowest BCUT2D eigenvalue weighted by Crippen LogP contribution is -2.47. The molecule has 3 aliphatic heterocycles. The van der Waals surface area contributed by atoms with Crippen LogP contribution in [0.4, 0.5) is 0 Å². The van der Waals surface area contributed by atoms with E-state index in [1.807, 2.05) is 7.05 Å². The Morgan fingerprint density at radius 1 is 1.30 bits per heavy atom. The minimum atomic E-state index is 0.350. The van der Waals surface area contributed by atoms with Gasteiger partial charge in [0.15, 0.2) is 11.8 Å². The molecule has 0 spiro atoms. The molecule has 0 amide bonds. The third kappa shape index (κ3) is 3.06. The van der Waals surface area contributed by atoms with Gasteiger partial charge in [-0.05, 0) is 32.1 Å². The number of nitrogens with one attached hydrogen (secondary N) is 2. The first-order valence-electron chi connectivity index (χ1n) is 8.87. The number of aliphatic imine (C=N–C) groups is 1. The van der Waals surface area contributed by atoms with Crippen LogP contribution < -0.4 is 10.6 Å². The SMILES string of the molecule is CN=C(NCc1nnc2n1CCCCC2)NC1CC2CCC1O2. The van der Waals surface area contributed by atoms with Crippen molar-refractivity contribution in [1.82, 2.24) is 25.4 Å². The van der Waals surface area contributed by atoms with Crippen LogP contribution in [-0.2, 0) is 24.2 Å². The summed E-state index contributed by atoms with van der Waals surface area (Å²) in [7, 11) is 1.81. The molecule has 3 aliphatic rings. The van der Waals surface area contributed by atoms with E-state index in [9.17, 15) is 0 Å². The summed E-state index contributed by atoms with van der Waals surface area (Å²) in [6.07, 6.45) is 9.02. The third-order valence-electron chi connectivity index (χ3n) is 5.25. The Balaban J connectivity index is 1.35. The van der Waals surface area contributed by atoms with E-state index in [0.717, 1.165) is 43.4 Å². The highest BCUT2D eigenvalue weighted by atomic mass is 16.5. The van der Waals surface area contributed by atoms with E-state index < -0.39 is 0 Å². The summed E-state index contributed by atoms with van der Waals surface area (Å²) in [6.45, 7) is 1.69. The summed E-state index contributed by atoms with van der Waals surface area (Å²) in [4.78, 5) is 4.35. The number of aromatic nitrogens is 3. The number of rotatable bonds is 3. The first kappa shape index (κ1) is 14.9. The molecule has 0 saturated carbocycles. The van der Waals surface area contributed by atoms with E-state index in [1.165, 1.54) is 25.7 Å². The average molecular weight is 318 g/mol. The Morgan fingerprint density at radius 3 is 3.04 bits per heavy atom. The summed E-state index contributed by atoms with van der Waals surface area (Å²) in [6, 6.07) is 0.385. The molecule has 2 bridgehead atoms. The molecule has 2 saturated heterocycles. The molecule has 4 heterocycles. The van der Waals surface area contributed by atoms with Gasteiger partial charge in [-0.15, -0.1) is 10.2 Å². The quantitative estimate of drug-likeness (QED) is 0.642. The maximum atomic E-state index is 5.90. The molecule has 4 rings (SSSR count). The second kappa shape index (κ2) is 6.47. The van der Waals surface area contributed by atoms with E-state index in [2.05, 4.69) is 30.4 Å². The molecule has 7 heteroatoms. The molecular formula is C16H26N6O. The minimum absolute atomic E-state index is 0.350. The van der Waals surface area contributed by atoms with E-state index >= 15 is 0 Å². The smallest absolute Gasteiger partial charge is 0.191 e. The largest absolute Gasteiger partial charge is 0.373 e. The maximum absolute atomic E-state index is 5.90. The fraction of sp³-hybridized carbons (Fsp3) is 0.812. The Kier molecular flexibility index (Phi) is 4.20. The Hall–Kier alpha value is -1.63. The normalized spacial score (nSPS) is 30.1. The standard InChI is InChI=1S/C16H26N6O/c1-17-16(19-12-9-11-6-7-13(12)23-11)18-10-15-21-20-14-5-3-2-4-8-22(14)15/h11-13H,2-10H2,1H3,(H2,17,18,19). The third-order valence-corrected chi connectivity index (χ3v) is 5.25. The summed E-state index contributed by atoms with van der Waals surface area (Å²) in [5, 5.41) is 15.6. The average Bonchev–Trinajstić information content (AvgIpc) is 3.24. The lowest BCUT2D eigenvalue weighted by Gasteiger charge is -2.22. The van der Waals surface area contributed by atoms with Crippen molar-refractivity contribution in [2.24, 2.45) is 4.99 Å².